The number of amides is 1. The van der Waals surface area contributed by atoms with Crippen LogP contribution in [0.15, 0.2) is 71.3 Å². The first-order valence-corrected chi connectivity index (χ1v) is 13.9. The first kappa shape index (κ1) is 27.1. The summed E-state index contributed by atoms with van der Waals surface area (Å²) in [6, 6.07) is 15.9. The van der Waals surface area contributed by atoms with E-state index in [0.29, 0.717) is 24.6 Å². The van der Waals surface area contributed by atoms with E-state index in [1.807, 2.05) is 36.4 Å². The van der Waals surface area contributed by atoms with Crippen molar-refractivity contribution in [1.29, 1.82) is 0 Å². The fraction of sp³-hybridized carbons (Fsp3) is 0.444. The lowest BCUT2D eigenvalue weighted by atomic mass is 9.93. The van der Waals surface area contributed by atoms with Crippen molar-refractivity contribution < 1.29 is 32.5 Å². The van der Waals surface area contributed by atoms with E-state index in [0.717, 1.165) is 18.4 Å². The number of benzene rings is 2. The Balaban J connectivity index is 1.41. The van der Waals surface area contributed by atoms with Crippen LogP contribution in [0.5, 0.6) is 5.75 Å². The minimum atomic E-state index is -3.86. The van der Waals surface area contributed by atoms with E-state index >= 15 is 0 Å². The summed E-state index contributed by atoms with van der Waals surface area (Å²) in [5.41, 5.74) is 1.04. The summed E-state index contributed by atoms with van der Waals surface area (Å²) in [5, 5.41) is 12.4. The number of carbonyl (C=O) groups is 1. The predicted molar refractivity (Wildman–Crippen MR) is 137 cm³/mol. The fourth-order valence-electron chi connectivity index (χ4n) is 4.14. The third-order valence-electron chi connectivity index (χ3n) is 6.45. The third-order valence-corrected chi connectivity index (χ3v) is 8.36. The number of rotatable bonds is 13. The standard InChI is InChI=1S/C27H34N2O7S/c1-34-23-9-11-24(12-10-23)37(32,33)29(13-15-30)14-16-35-26-18-22(21-5-3-2-4-6-21)17-25(36-26)27(31)28-19-20-7-8-20/h2-6,9-12,17,20,22,26,30H,7-8,13-16,18-19H2,1H3,(H,28,31)/t22-,26+/m1/s1. The number of methoxy groups -OCH3 is 1. The van der Waals surface area contributed by atoms with Crippen LogP contribution in [-0.4, -0.2) is 70.0 Å². The molecule has 2 N–H and O–H groups in total. The molecule has 0 spiro atoms. The van der Waals surface area contributed by atoms with Crippen molar-refractivity contribution in [3.05, 3.63) is 72.0 Å². The molecule has 4 rings (SSSR count). The van der Waals surface area contributed by atoms with Gasteiger partial charge in [-0.05, 0) is 54.7 Å². The zero-order valence-corrected chi connectivity index (χ0v) is 21.7. The summed E-state index contributed by atoms with van der Waals surface area (Å²) >= 11 is 0. The van der Waals surface area contributed by atoms with E-state index in [9.17, 15) is 18.3 Å². The van der Waals surface area contributed by atoms with E-state index in [4.69, 9.17) is 14.2 Å². The van der Waals surface area contributed by atoms with Crippen LogP contribution in [-0.2, 0) is 24.3 Å². The molecule has 0 bridgehead atoms. The molecule has 1 saturated carbocycles. The Morgan fingerprint density at radius 3 is 2.49 bits per heavy atom. The van der Waals surface area contributed by atoms with E-state index in [2.05, 4.69) is 5.32 Å². The summed E-state index contributed by atoms with van der Waals surface area (Å²) in [7, 11) is -2.35. The van der Waals surface area contributed by atoms with Crippen LogP contribution in [0.4, 0.5) is 0 Å². The minimum Gasteiger partial charge on any atom is -0.497 e. The van der Waals surface area contributed by atoms with E-state index in [-0.39, 0.29) is 48.8 Å². The van der Waals surface area contributed by atoms with E-state index < -0.39 is 16.3 Å². The Bertz CT molecular complexity index is 1170. The number of aliphatic hydroxyl groups excluding tert-OH is 1. The normalized spacial score (nSPS) is 19.7. The Hall–Kier alpha value is -2.92. The molecule has 0 aromatic heterocycles. The van der Waals surface area contributed by atoms with Crippen molar-refractivity contribution in [1.82, 2.24) is 9.62 Å². The number of nitrogens with zero attached hydrogens (tertiary/aromatic N) is 1. The molecule has 0 saturated heterocycles. The number of sulfonamides is 1. The zero-order chi connectivity index (χ0) is 26.3. The Kier molecular flexibility index (Phi) is 9.20. The molecule has 37 heavy (non-hydrogen) atoms. The van der Waals surface area contributed by atoms with Crippen LogP contribution >= 0.6 is 0 Å². The van der Waals surface area contributed by atoms with Crippen LogP contribution in [0.3, 0.4) is 0 Å². The maximum absolute atomic E-state index is 13.1. The molecule has 2 aromatic carbocycles. The van der Waals surface area contributed by atoms with E-state index in [1.54, 1.807) is 12.1 Å². The molecule has 9 nitrogen and oxygen atoms in total. The minimum absolute atomic E-state index is 0.0116. The second-order valence-electron chi connectivity index (χ2n) is 9.16. The number of nitrogens with one attached hydrogen (secondary N) is 1. The lowest BCUT2D eigenvalue weighted by Gasteiger charge is -2.30. The number of hydrogen-bond donors (Lipinski definition) is 2. The lowest BCUT2D eigenvalue weighted by Crippen LogP contribution is -2.38. The highest BCUT2D eigenvalue weighted by Gasteiger charge is 2.31. The summed E-state index contributed by atoms with van der Waals surface area (Å²) in [6.07, 6.45) is 3.83. The molecule has 0 radical (unpaired) electrons. The first-order valence-electron chi connectivity index (χ1n) is 12.5. The van der Waals surface area contributed by atoms with Gasteiger partial charge in [0.2, 0.25) is 16.3 Å². The highest BCUT2D eigenvalue weighted by atomic mass is 32.2. The van der Waals surface area contributed by atoms with Gasteiger partial charge < -0.3 is 24.6 Å². The third kappa shape index (κ3) is 7.32. The predicted octanol–water partition coefficient (Wildman–Crippen LogP) is 2.64. The number of allylic oxidation sites excluding steroid dienone is 1. The zero-order valence-electron chi connectivity index (χ0n) is 20.9. The molecule has 1 heterocycles. The van der Waals surface area contributed by atoms with Gasteiger partial charge >= 0.3 is 0 Å². The van der Waals surface area contributed by atoms with Gasteiger partial charge in [-0.1, -0.05) is 30.3 Å². The summed E-state index contributed by atoms with van der Waals surface area (Å²) < 4.78 is 44.4. The molecule has 0 unspecified atom stereocenters. The van der Waals surface area contributed by atoms with Crippen molar-refractivity contribution in [3.63, 3.8) is 0 Å². The van der Waals surface area contributed by atoms with Crippen LogP contribution in [0.1, 0.15) is 30.7 Å². The molecule has 1 amide bonds. The summed E-state index contributed by atoms with van der Waals surface area (Å²) in [4.78, 5) is 12.9. The molecule has 10 heteroatoms. The highest BCUT2D eigenvalue weighted by molar-refractivity contribution is 7.89. The van der Waals surface area contributed by atoms with Gasteiger partial charge in [0, 0.05) is 32.0 Å². The first-order chi connectivity index (χ1) is 17.9. The van der Waals surface area contributed by atoms with Crippen LogP contribution < -0.4 is 10.1 Å². The van der Waals surface area contributed by atoms with Crippen LogP contribution in [0.25, 0.3) is 0 Å². The van der Waals surface area contributed by atoms with Crippen LogP contribution in [0.2, 0.25) is 0 Å². The number of carbonyl (C=O) groups excluding carboxylic acids is 1. The Morgan fingerprint density at radius 1 is 1.11 bits per heavy atom. The van der Waals surface area contributed by atoms with Gasteiger partial charge in [0.05, 0.1) is 25.2 Å². The van der Waals surface area contributed by atoms with Gasteiger partial charge in [0.1, 0.15) is 5.75 Å². The maximum Gasteiger partial charge on any atom is 0.286 e. The second-order valence-corrected chi connectivity index (χ2v) is 11.1. The maximum atomic E-state index is 13.1. The quantitative estimate of drug-likeness (QED) is 0.409. The van der Waals surface area contributed by atoms with Gasteiger partial charge in [0.15, 0.2) is 5.76 Å². The van der Waals surface area contributed by atoms with Gasteiger partial charge in [-0.25, -0.2) is 8.42 Å². The molecular formula is C27H34N2O7S. The fourth-order valence-corrected chi connectivity index (χ4v) is 5.56. The molecule has 2 atom stereocenters. The lowest BCUT2D eigenvalue weighted by molar-refractivity contribution is -0.146. The van der Waals surface area contributed by atoms with Gasteiger partial charge in [-0.3, -0.25) is 4.79 Å². The monoisotopic (exact) mass is 530 g/mol. The van der Waals surface area contributed by atoms with Crippen molar-refractivity contribution in [2.75, 3.05) is 40.0 Å². The average Bonchev–Trinajstić information content (AvgIpc) is 3.76. The molecule has 1 fully saturated rings. The number of ether oxygens (including phenoxy) is 3. The molecule has 200 valence electrons. The molecule has 2 aliphatic rings. The SMILES string of the molecule is COc1ccc(S(=O)(=O)N(CCO)CCO[C@@H]2C[C@H](c3ccccc3)C=C(C(=O)NCC3CC3)O2)cc1. The van der Waals surface area contributed by atoms with Gasteiger partial charge in [0.25, 0.3) is 5.91 Å². The molecular weight excluding hydrogens is 496 g/mol. The largest absolute Gasteiger partial charge is 0.497 e. The molecule has 1 aliphatic heterocycles. The van der Waals surface area contributed by atoms with Gasteiger partial charge in [-0.2, -0.15) is 4.31 Å². The smallest absolute Gasteiger partial charge is 0.286 e. The summed E-state index contributed by atoms with van der Waals surface area (Å²) in [5.74, 6) is 0.936. The molecule has 1 aliphatic carbocycles. The number of hydrogen-bond acceptors (Lipinski definition) is 7. The number of aliphatic hydroxyl groups is 1. The second kappa shape index (κ2) is 12.6. The van der Waals surface area contributed by atoms with Crippen molar-refractivity contribution in [2.24, 2.45) is 5.92 Å². The van der Waals surface area contributed by atoms with Crippen molar-refractivity contribution >= 4 is 15.9 Å². The Morgan fingerprint density at radius 2 is 1.84 bits per heavy atom. The average molecular weight is 531 g/mol. The van der Waals surface area contributed by atoms with Crippen molar-refractivity contribution in [3.8, 4) is 5.75 Å². The molecule has 2 aromatic rings. The van der Waals surface area contributed by atoms with Crippen LogP contribution in [0, 0.1) is 5.92 Å². The topological polar surface area (TPSA) is 114 Å². The van der Waals surface area contributed by atoms with Crippen molar-refractivity contribution in [2.45, 2.75) is 36.4 Å². The van der Waals surface area contributed by atoms with E-state index in [1.165, 1.54) is 23.5 Å². The van der Waals surface area contributed by atoms with Gasteiger partial charge in [-0.15, -0.1) is 0 Å². The highest BCUT2D eigenvalue weighted by Crippen LogP contribution is 2.32. The summed E-state index contributed by atoms with van der Waals surface area (Å²) in [6.45, 7) is 0.251. The Labute approximate surface area is 218 Å².